The standard InChI is InChI=1S/C15H13FO4/c1-9-7-11(4-6-13(9)16)20-14-8-10(19-2)3-5-12(14)15(17)18/h3-8H,1-2H3,(H,17,18). The SMILES string of the molecule is COc1ccc(C(=O)O)c(Oc2ccc(F)c(C)c2)c1. The van der Waals surface area contributed by atoms with Crippen molar-refractivity contribution in [3.63, 3.8) is 0 Å². The third-order valence-corrected chi connectivity index (χ3v) is 2.78. The lowest BCUT2D eigenvalue weighted by Crippen LogP contribution is -2.00. The van der Waals surface area contributed by atoms with Gasteiger partial charge in [0.05, 0.1) is 7.11 Å². The molecule has 0 spiro atoms. The van der Waals surface area contributed by atoms with E-state index in [1.807, 2.05) is 0 Å². The molecule has 104 valence electrons. The van der Waals surface area contributed by atoms with Crippen molar-refractivity contribution in [2.45, 2.75) is 6.92 Å². The number of rotatable bonds is 4. The molecule has 0 bridgehead atoms. The van der Waals surface area contributed by atoms with E-state index in [-0.39, 0.29) is 17.1 Å². The molecule has 0 aliphatic carbocycles. The zero-order valence-corrected chi connectivity index (χ0v) is 11.0. The molecule has 2 rings (SSSR count). The van der Waals surface area contributed by atoms with Crippen LogP contribution < -0.4 is 9.47 Å². The first-order valence-corrected chi connectivity index (χ1v) is 5.86. The van der Waals surface area contributed by atoms with Crippen LogP contribution in [0.25, 0.3) is 0 Å². The maximum Gasteiger partial charge on any atom is 0.339 e. The number of carbonyl (C=O) groups is 1. The fourth-order valence-corrected chi connectivity index (χ4v) is 1.70. The van der Waals surface area contributed by atoms with Gasteiger partial charge in [0.15, 0.2) is 0 Å². The molecule has 5 heteroatoms. The Morgan fingerprint density at radius 1 is 1.15 bits per heavy atom. The van der Waals surface area contributed by atoms with E-state index in [0.29, 0.717) is 17.1 Å². The van der Waals surface area contributed by atoms with Gasteiger partial charge in [0.25, 0.3) is 0 Å². The van der Waals surface area contributed by atoms with E-state index in [0.717, 1.165) is 0 Å². The smallest absolute Gasteiger partial charge is 0.339 e. The van der Waals surface area contributed by atoms with Crippen LogP contribution in [0.5, 0.6) is 17.2 Å². The van der Waals surface area contributed by atoms with Gasteiger partial charge in [0.1, 0.15) is 28.6 Å². The Balaban J connectivity index is 2.40. The van der Waals surface area contributed by atoms with Crippen LogP contribution in [0.4, 0.5) is 4.39 Å². The highest BCUT2D eigenvalue weighted by molar-refractivity contribution is 5.91. The fourth-order valence-electron chi connectivity index (χ4n) is 1.70. The molecule has 0 atom stereocenters. The molecule has 2 aromatic rings. The first kappa shape index (κ1) is 13.9. The van der Waals surface area contributed by atoms with Crippen LogP contribution in [0, 0.1) is 12.7 Å². The van der Waals surface area contributed by atoms with Crippen molar-refractivity contribution >= 4 is 5.97 Å². The van der Waals surface area contributed by atoms with Gasteiger partial charge in [-0.25, -0.2) is 9.18 Å². The summed E-state index contributed by atoms with van der Waals surface area (Å²) in [6, 6.07) is 8.61. The summed E-state index contributed by atoms with van der Waals surface area (Å²) < 4.78 is 23.8. The summed E-state index contributed by atoms with van der Waals surface area (Å²) in [7, 11) is 1.47. The van der Waals surface area contributed by atoms with Gasteiger partial charge in [-0.05, 0) is 42.8 Å². The number of hydrogen-bond acceptors (Lipinski definition) is 3. The van der Waals surface area contributed by atoms with Gasteiger partial charge in [-0.1, -0.05) is 0 Å². The van der Waals surface area contributed by atoms with Gasteiger partial charge in [-0.15, -0.1) is 0 Å². The maximum atomic E-state index is 13.2. The molecule has 0 aliphatic rings. The molecule has 0 saturated heterocycles. The van der Waals surface area contributed by atoms with Crippen LogP contribution in [0.2, 0.25) is 0 Å². The first-order valence-electron chi connectivity index (χ1n) is 5.86. The largest absolute Gasteiger partial charge is 0.497 e. The number of hydrogen-bond donors (Lipinski definition) is 1. The van der Waals surface area contributed by atoms with E-state index in [9.17, 15) is 9.18 Å². The molecule has 1 N–H and O–H groups in total. The van der Waals surface area contributed by atoms with Gasteiger partial charge in [0, 0.05) is 6.07 Å². The number of aryl methyl sites for hydroxylation is 1. The van der Waals surface area contributed by atoms with Crippen LogP contribution in [-0.4, -0.2) is 18.2 Å². The Morgan fingerprint density at radius 3 is 2.45 bits per heavy atom. The Morgan fingerprint density at radius 2 is 1.85 bits per heavy atom. The highest BCUT2D eigenvalue weighted by Crippen LogP contribution is 2.30. The topological polar surface area (TPSA) is 55.8 Å². The van der Waals surface area contributed by atoms with Crippen LogP contribution in [0.1, 0.15) is 15.9 Å². The van der Waals surface area contributed by atoms with Gasteiger partial charge < -0.3 is 14.6 Å². The van der Waals surface area contributed by atoms with Gasteiger partial charge >= 0.3 is 5.97 Å². The lowest BCUT2D eigenvalue weighted by molar-refractivity contribution is 0.0694. The summed E-state index contributed by atoms with van der Waals surface area (Å²) in [5.41, 5.74) is 0.426. The minimum absolute atomic E-state index is 0.00720. The van der Waals surface area contributed by atoms with E-state index in [1.165, 1.54) is 43.5 Å². The number of methoxy groups -OCH3 is 1. The van der Waals surface area contributed by atoms with Gasteiger partial charge in [-0.3, -0.25) is 0 Å². The van der Waals surface area contributed by atoms with Crippen molar-refractivity contribution < 1.29 is 23.8 Å². The molecular weight excluding hydrogens is 263 g/mol. The first-order chi connectivity index (χ1) is 9.51. The minimum atomic E-state index is -1.11. The quantitative estimate of drug-likeness (QED) is 0.926. The Labute approximate surface area is 115 Å². The van der Waals surface area contributed by atoms with Crippen LogP contribution in [0.3, 0.4) is 0 Å². The van der Waals surface area contributed by atoms with E-state index in [2.05, 4.69) is 0 Å². The molecule has 0 unspecified atom stereocenters. The summed E-state index contributed by atoms with van der Waals surface area (Å²) in [5.74, 6) is -0.478. The molecule has 4 nitrogen and oxygen atoms in total. The van der Waals surface area contributed by atoms with E-state index in [1.54, 1.807) is 6.92 Å². The highest BCUT2D eigenvalue weighted by Gasteiger charge is 2.13. The molecule has 0 heterocycles. The average Bonchev–Trinajstić information content (AvgIpc) is 2.42. The summed E-state index contributed by atoms with van der Waals surface area (Å²) in [5, 5.41) is 9.13. The van der Waals surface area contributed by atoms with Crippen molar-refractivity contribution in [2.75, 3.05) is 7.11 Å². The number of benzene rings is 2. The molecule has 0 fully saturated rings. The number of carboxylic acids is 1. The van der Waals surface area contributed by atoms with Crippen molar-refractivity contribution in [3.8, 4) is 17.2 Å². The Kier molecular flexibility index (Phi) is 3.89. The van der Waals surface area contributed by atoms with Crippen LogP contribution >= 0.6 is 0 Å². The average molecular weight is 276 g/mol. The second kappa shape index (κ2) is 5.61. The van der Waals surface area contributed by atoms with Gasteiger partial charge in [0.2, 0.25) is 0 Å². The third kappa shape index (κ3) is 2.88. The van der Waals surface area contributed by atoms with Crippen LogP contribution in [-0.2, 0) is 0 Å². The zero-order valence-electron chi connectivity index (χ0n) is 11.0. The fraction of sp³-hybridized carbons (Fsp3) is 0.133. The Bertz CT molecular complexity index is 652. The van der Waals surface area contributed by atoms with Crippen molar-refractivity contribution in [2.24, 2.45) is 0 Å². The normalized spacial score (nSPS) is 10.2. The molecule has 2 aromatic carbocycles. The molecule has 0 amide bonds. The summed E-state index contributed by atoms with van der Waals surface area (Å²) >= 11 is 0. The lowest BCUT2D eigenvalue weighted by atomic mass is 10.2. The predicted molar refractivity (Wildman–Crippen MR) is 71.2 cm³/mol. The second-order valence-electron chi connectivity index (χ2n) is 4.18. The highest BCUT2D eigenvalue weighted by atomic mass is 19.1. The van der Waals surface area contributed by atoms with Crippen molar-refractivity contribution in [3.05, 3.63) is 53.3 Å². The molecule has 0 saturated carbocycles. The number of carboxylic acid groups (broad SMARTS) is 1. The zero-order chi connectivity index (χ0) is 14.7. The molecule has 0 radical (unpaired) electrons. The van der Waals surface area contributed by atoms with E-state index in [4.69, 9.17) is 14.6 Å². The monoisotopic (exact) mass is 276 g/mol. The molecule has 0 aromatic heterocycles. The van der Waals surface area contributed by atoms with Crippen LogP contribution in [0.15, 0.2) is 36.4 Å². The predicted octanol–water partition coefficient (Wildman–Crippen LogP) is 3.63. The lowest BCUT2D eigenvalue weighted by Gasteiger charge is -2.11. The number of halogens is 1. The Hall–Kier alpha value is -2.56. The molecular formula is C15H13FO4. The molecule has 20 heavy (non-hydrogen) atoms. The third-order valence-electron chi connectivity index (χ3n) is 2.78. The molecule has 0 aliphatic heterocycles. The summed E-state index contributed by atoms with van der Waals surface area (Å²) in [6.45, 7) is 1.60. The summed E-state index contributed by atoms with van der Waals surface area (Å²) in [6.07, 6.45) is 0. The number of aromatic carboxylic acids is 1. The second-order valence-corrected chi connectivity index (χ2v) is 4.18. The van der Waals surface area contributed by atoms with Gasteiger partial charge in [-0.2, -0.15) is 0 Å². The van der Waals surface area contributed by atoms with E-state index < -0.39 is 5.97 Å². The van der Waals surface area contributed by atoms with Crippen molar-refractivity contribution in [1.82, 2.24) is 0 Å². The number of ether oxygens (including phenoxy) is 2. The minimum Gasteiger partial charge on any atom is -0.497 e. The maximum absolute atomic E-state index is 13.2. The van der Waals surface area contributed by atoms with E-state index >= 15 is 0 Å². The summed E-state index contributed by atoms with van der Waals surface area (Å²) in [4.78, 5) is 11.2. The van der Waals surface area contributed by atoms with Crippen molar-refractivity contribution in [1.29, 1.82) is 0 Å².